The topological polar surface area (TPSA) is 39.4 Å². The fourth-order valence-corrected chi connectivity index (χ4v) is 3.40. The number of benzene rings is 3. The highest BCUT2D eigenvalue weighted by Crippen LogP contribution is 2.27. The maximum absolute atomic E-state index is 12.4. The summed E-state index contributed by atoms with van der Waals surface area (Å²) in [5.41, 5.74) is 2.06. The third-order valence-corrected chi connectivity index (χ3v) is 5.11. The largest absolute Gasteiger partial charge is 0.489 e. The van der Waals surface area contributed by atoms with Gasteiger partial charge in [0.1, 0.15) is 17.9 Å². The molecule has 0 spiro atoms. The lowest BCUT2D eigenvalue weighted by Gasteiger charge is -2.09. The lowest BCUT2D eigenvalue weighted by atomic mass is 10.1. The molecule has 140 valence electrons. The summed E-state index contributed by atoms with van der Waals surface area (Å²) in [7, 11) is 0. The van der Waals surface area contributed by atoms with Crippen LogP contribution in [0.4, 0.5) is 0 Å². The molecule has 1 heterocycles. The number of rotatable bonds is 4. The van der Waals surface area contributed by atoms with Crippen LogP contribution in [0.3, 0.4) is 0 Å². The molecule has 6 heteroatoms. The van der Waals surface area contributed by atoms with Crippen LogP contribution < -0.4 is 10.4 Å². The lowest BCUT2D eigenvalue weighted by molar-refractivity contribution is 0.306. The smallest absolute Gasteiger partial charge is 0.344 e. The average molecular weight is 432 g/mol. The first-order chi connectivity index (χ1) is 13.5. The van der Waals surface area contributed by atoms with Crippen LogP contribution in [0.5, 0.6) is 5.75 Å². The first-order valence-corrected chi connectivity index (χ1v) is 9.53. The minimum absolute atomic E-state index is 0.272. The second-order valence-corrected chi connectivity index (χ2v) is 7.46. The number of hydrogen-bond acceptors (Lipinski definition) is 3. The monoisotopic (exact) mass is 430 g/mol. The van der Waals surface area contributed by atoms with Gasteiger partial charge in [-0.15, -0.1) is 0 Å². The molecule has 4 aromatic rings. The van der Waals surface area contributed by atoms with E-state index in [1.54, 1.807) is 48.5 Å². The summed E-state index contributed by atoms with van der Waals surface area (Å²) in [6.45, 7) is 0.272. The molecule has 3 aromatic carbocycles. The van der Waals surface area contributed by atoms with Crippen molar-refractivity contribution in [2.45, 2.75) is 6.61 Å². The van der Waals surface area contributed by atoms with Gasteiger partial charge in [-0.3, -0.25) is 0 Å². The molecule has 0 aliphatic rings. The molecule has 0 aliphatic carbocycles. The molecule has 28 heavy (non-hydrogen) atoms. The van der Waals surface area contributed by atoms with Crippen molar-refractivity contribution in [3.05, 3.63) is 97.8 Å². The standard InChI is InChI=1S/C22H13Cl3O3/c23-16-5-1-13(2-6-16)19-9-14-4-8-18(11-21(14)28-22(19)26)27-12-15-3-7-17(24)10-20(15)25/h1-11H,12H2. The summed E-state index contributed by atoms with van der Waals surface area (Å²) in [6, 6.07) is 19.4. The zero-order chi connectivity index (χ0) is 19.7. The van der Waals surface area contributed by atoms with Gasteiger partial charge in [-0.25, -0.2) is 4.79 Å². The molecule has 0 saturated carbocycles. The third-order valence-electron chi connectivity index (χ3n) is 4.27. The molecule has 0 aliphatic heterocycles. The van der Waals surface area contributed by atoms with Gasteiger partial charge in [-0.1, -0.05) is 53.0 Å². The second-order valence-electron chi connectivity index (χ2n) is 6.18. The molecule has 3 nitrogen and oxygen atoms in total. The Morgan fingerprint density at radius 1 is 0.821 bits per heavy atom. The van der Waals surface area contributed by atoms with E-state index in [1.165, 1.54) is 0 Å². The van der Waals surface area contributed by atoms with Crippen LogP contribution in [0, 0.1) is 0 Å². The van der Waals surface area contributed by atoms with E-state index in [2.05, 4.69) is 0 Å². The van der Waals surface area contributed by atoms with E-state index in [1.807, 2.05) is 18.2 Å². The molecular formula is C22H13Cl3O3. The highest BCUT2D eigenvalue weighted by Gasteiger charge is 2.09. The van der Waals surface area contributed by atoms with Gasteiger partial charge in [0.15, 0.2) is 0 Å². The van der Waals surface area contributed by atoms with Crippen molar-refractivity contribution in [1.82, 2.24) is 0 Å². The zero-order valence-electron chi connectivity index (χ0n) is 14.4. The minimum Gasteiger partial charge on any atom is -0.489 e. The van der Waals surface area contributed by atoms with Gasteiger partial charge in [-0.2, -0.15) is 0 Å². The molecular weight excluding hydrogens is 419 g/mol. The van der Waals surface area contributed by atoms with Crippen LogP contribution in [-0.4, -0.2) is 0 Å². The molecule has 4 rings (SSSR count). The van der Waals surface area contributed by atoms with E-state index >= 15 is 0 Å². The molecule has 0 saturated heterocycles. The Bertz CT molecular complexity index is 1210. The Kier molecular flexibility index (Phi) is 5.31. The van der Waals surface area contributed by atoms with Gasteiger partial charge in [-0.05, 0) is 48.0 Å². The number of ether oxygens (including phenoxy) is 1. The van der Waals surface area contributed by atoms with Gasteiger partial charge >= 0.3 is 5.63 Å². The van der Waals surface area contributed by atoms with Crippen molar-refractivity contribution in [2.75, 3.05) is 0 Å². The summed E-state index contributed by atoms with van der Waals surface area (Å²) in [5, 5.41) is 2.50. The Hall–Kier alpha value is -2.46. The van der Waals surface area contributed by atoms with Crippen molar-refractivity contribution in [1.29, 1.82) is 0 Å². The Morgan fingerprint density at radius 3 is 2.32 bits per heavy atom. The van der Waals surface area contributed by atoms with Gasteiger partial charge in [0, 0.05) is 32.1 Å². The van der Waals surface area contributed by atoms with Gasteiger partial charge in [0.05, 0.1) is 5.56 Å². The van der Waals surface area contributed by atoms with Crippen LogP contribution >= 0.6 is 34.8 Å². The minimum atomic E-state index is -0.423. The Morgan fingerprint density at radius 2 is 1.57 bits per heavy atom. The van der Waals surface area contributed by atoms with Crippen LogP contribution in [0.25, 0.3) is 22.1 Å². The van der Waals surface area contributed by atoms with E-state index in [4.69, 9.17) is 44.0 Å². The van der Waals surface area contributed by atoms with E-state index in [0.29, 0.717) is 32.0 Å². The lowest BCUT2D eigenvalue weighted by Crippen LogP contribution is -2.03. The van der Waals surface area contributed by atoms with Crippen molar-refractivity contribution >= 4 is 45.8 Å². The molecule has 0 N–H and O–H groups in total. The Labute approximate surface area is 176 Å². The molecule has 0 fully saturated rings. The SMILES string of the molecule is O=c1oc2cc(OCc3ccc(Cl)cc3Cl)ccc2cc1-c1ccc(Cl)cc1. The van der Waals surface area contributed by atoms with Crippen LogP contribution in [0.2, 0.25) is 15.1 Å². The normalized spacial score (nSPS) is 11.0. The first kappa shape index (κ1) is 18.9. The molecule has 0 amide bonds. The zero-order valence-corrected chi connectivity index (χ0v) is 16.7. The first-order valence-electron chi connectivity index (χ1n) is 8.40. The summed E-state index contributed by atoms with van der Waals surface area (Å²) in [6.07, 6.45) is 0. The molecule has 1 aromatic heterocycles. The van der Waals surface area contributed by atoms with Crippen molar-refractivity contribution in [3.8, 4) is 16.9 Å². The van der Waals surface area contributed by atoms with Gasteiger partial charge < -0.3 is 9.15 Å². The van der Waals surface area contributed by atoms with Gasteiger partial charge in [0.25, 0.3) is 0 Å². The highest BCUT2D eigenvalue weighted by molar-refractivity contribution is 6.35. The summed E-state index contributed by atoms with van der Waals surface area (Å²) in [5.74, 6) is 0.570. The fraction of sp³-hybridized carbons (Fsp3) is 0.0455. The van der Waals surface area contributed by atoms with Crippen LogP contribution in [0.1, 0.15) is 5.56 Å². The predicted octanol–water partition coefficient (Wildman–Crippen LogP) is 7.00. The quantitative estimate of drug-likeness (QED) is 0.327. The van der Waals surface area contributed by atoms with Crippen LogP contribution in [0.15, 0.2) is 75.9 Å². The maximum Gasteiger partial charge on any atom is 0.344 e. The van der Waals surface area contributed by atoms with E-state index < -0.39 is 5.63 Å². The maximum atomic E-state index is 12.4. The number of hydrogen-bond donors (Lipinski definition) is 0. The number of fused-ring (bicyclic) bond motifs is 1. The van der Waals surface area contributed by atoms with Crippen LogP contribution in [-0.2, 0) is 6.61 Å². The van der Waals surface area contributed by atoms with Crippen molar-refractivity contribution in [3.63, 3.8) is 0 Å². The van der Waals surface area contributed by atoms with E-state index in [-0.39, 0.29) is 6.61 Å². The second kappa shape index (κ2) is 7.88. The molecule has 0 atom stereocenters. The van der Waals surface area contributed by atoms with E-state index in [0.717, 1.165) is 16.5 Å². The third kappa shape index (κ3) is 4.02. The summed E-state index contributed by atoms with van der Waals surface area (Å²) >= 11 is 18.0. The summed E-state index contributed by atoms with van der Waals surface area (Å²) in [4.78, 5) is 12.4. The summed E-state index contributed by atoms with van der Waals surface area (Å²) < 4.78 is 11.3. The van der Waals surface area contributed by atoms with Crippen molar-refractivity contribution < 1.29 is 9.15 Å². The highest BCUT2D eigenvalue weighted by atomic mass is 35.5. The Balaban J connectivity index is 1.61. The van der Waals surface area contributed by atoms with E-state index in [9.17, 15) is 4.79 Å². The molecule has 0 bridgehead atoms. The predicted molar refractivity (Wildman–Crippen MR) is 114 cm³/mol. The molecule has 0 unspecified atom stereocenters. The molecule has 0 radical (unpaired) electrons. The van der Waals surface area contributed by atoms with Crippen molar-refractivity contribution in [2.24, 2.45) is 0 Å². The fourth-order valence-electron chi connectivity index (χ4n) is 2.81. The average Bonchev–Trinajstić information content (AvgIpc) is 2.67. The van der Waals surface area contributed by atoms with Gasteiger partial charge in [0.2, 0.25) is 0 Å². The number of halogens is 3.